The Kier molecular flexibility index (Phi) is 5.26. The fraction of sp³-hybridized carbons (Fsp3) is 0.647. The van der Waals surface area contributed by atoms with Gasteiger partial charge >= 0.3 is 0 Å². The molecule has 0 spiro atoms. The van der Waals surface area contributed by atoms with E-state index >= 15 is 0 Å². The van der Waals surface area contributed by atoms with E-state index in [1.54, 1.807) is 7.11 Å². The van der Waals surface area contributed by atoms with Gasteiger partial charge in [0.25, 0.3) is 0 Å². The van der Waals surface area contributed by atoms with Gasteiger partial charge in [-0.15, -0.1) is 0 Å². The number of piperidine rings is 1. The molecule has 0 bridgehead atoms. The van der Waals surface area contributed by atoms with E-state index in [1.165, 1.54) is 24.8 Å². The minimum absolute atomic E-state index is 0.276. The standard InChI is InChI=1S/C17H25BrN2O2/c1-20-10-15(11-20)22-17-12(7-13(18)9-16(17)21-2)8-14-5-3-4-6-19-14/h7,9,14-15,19H,3-6,8,10-11H2,1-2H3. The van der Waals surface area contributed by atoms with Gasteiger partial charge in [0.1, 0.15) is 6.10 Å². The van der Waals surface area contributed by atoms with Crippen molar-refractivity contribution < 1.29 is 9.47 Å². The lowest BCUT2D eigenvalue weighted by molar-refractivity contribution is 0.0361. The Bertz CT molecular complexity index is 512. The molecule has 1 N–H and O–H groups in total. The third-order valence-corrected chi connectivity index (χ3v) is 4.97. The predicted octanol–water partition coefficient (Wildman–Crippen LogP) is 2.84. The maximum Gasteiger partial charge on any atom is 0.165 e. The Morgan fingerprint density at radius 3 is 2.77 bits per heavy atom. The second-order valence-corrected chi connectivity index (χ2v) is 7.32. The maximum absolute atomic E-state index is 6.26. The third-order valence-electron chi connectivity index (χ3n) is 4.51. The molecule has 4 nitrogen and oxygen atoms in total. The molecule has 0 amide bonds. The van der Waals surface area contributed by atoms with Crippen molar-refractivity contribution in [2.24, 2.45) is 0 Å². The number of hydrogen-bond donors (Lipinski definition) is 1. The Morgan fingerprint density at radius 2 is 2.14 bits per heavy atom. The van der Waals surface area contributed by atoms with Crippen LogP contribution in [0, 0.1) is 0 Å². The lowest BCUT2D eigenvalue weighted by Gasteiger charge is -2.37. The molecule has 2 saturated heterocycles. The van der Waals surface area contributed by atoms with Crippen LogP contribution < -0.4 is 14.8 Å². The highest BCUT2D eigenvalue weighted by molar-refractivity contribution is 9.10. The van der Waals surface area contributed by atoms with Crippen molar-refractivity contribution >= 4 is 15.9 Å². The SMILES string of the molecule is COc1cc(Br)cc(CC2CCCCN2)c1OC1CN(C)C1. The summed E-state index contributed by atoms with van der Waals surface area (Å²) in [5.74, 6) is 1.76. The van der Waals surface area contributed by atoms with Crippen molar-refractivity contribution in [2.45, 2.75) is 37.8 Å². The number of halogens is 1. The lowest BCUT2D eigenvalue weighted by atomic mass is 9.97. The molecule has 122 valence electrons. The maximum atomic E-state index is 6.26. The zero-order valence-electron chi connectivity index (χ0n) is 13.4. The Morgan fingerprint density at radius 1 is 1.32 bits per heavy atom. The number of methoxy groups -OCH3 is 1. The number of likely N-dealkylation sites (tertiary alicyclic amines) is 1. The number of nitrogens with zero attached hydrogens (tertiary/aromatic N) is 1. The summed E-state index contributed by atoms with van der Waals surface area (Å²) in [6, 6.07) is 4.71. The van der Waals surface area contributed by atoms with Crippen molar-refractivity contribution in [3.8, 4) is 11.5 Å². The van der Waals surface area contributed by atoms with Crippen molar-refractivity contribution in [1.29, 1.82) is 0 Å². The summed E-state index contributed by atoms with van der Waals surface area (Å²) in [7, 11) is 3.83. The normalized spacial score (nSPS) is 23.1. The topological polar surface area (TPSA) is 33.7 Å². The molecule has 2 aliphatic heterocycles. The summed E-state index contributed by atoms with van der Waals surface area (Å²) in [4.78, 5) is 2.26. The van der Waals surface area contributed by atoms with Crippen LogP contribution in [-0.2, 0) is 6.42 Å². The summed E-state index contributed by atoms with van der Waals surface area (Å²) in [6.07, 6.45) is 5.11. The molecule has 1 atom stereocenters. The van der Waals surface area contributed by atoms with Crippen LogP contribution >= 0.6 is 15.9 Å². The van der Waals surface area contributed by atoms with Gasteiger partial charge in [0, 0.05) is 29.2 Å². The van der Waals surface area contributed by atoms with Gasteiger partial charge in [-0.3, -0.25) is 4.90 Å². The van der Waals surface area contributed by atoms with Crippen molar-refractivity contribution in [3.05, 3.63) is 22.2 Å². The van der Waals surface area contributed by atoms with Crippen molar-refractivity contribution in [3.63, 3.8) is 0 Å². The first-order chi connectivity index (χ1) is 10.7. The van der Waals surface area contributed by atoms with Crippen LogP contribution in [-0.4, -0.2) is 50.8 Å². The van der Waals surface area contributed by atoms with E-state index in [0.717, 1.165) is 42.0 Å². The highest BCUT2D eigenvalue weighted by atomic mass is 79.9. The second-order valence-electron chi connectivity index (χ2n) is 6.41. The van der Waals surface area contributed by atoms with Gasteiger partial charge in [-0.25, -0.2) is 0 Å². The molecule has 0 aliphatic carbocycles. The van der Waals surface area contributed by atoms with E-state index in [4.69, 9.17) is 9.47 Å². The average Bonchev–Trinajstić information content (AvgIpc) is 2.48. The van der Waals surface area contributed by atoms with Crippen LogP contribution in [0.2, 0.25) is 0 Å². The molecular formula is C17H25BrN2O2. The van der Waals surface area contributed by atoms with Gasteiger partial charge < -0.3 is 14.8 Å². The predicted molar refractivity (Wildman–Crippen MR) is 92.0 cm³/mol. The largest absolute Gasteiger partial charge is 0.493 e. The molecule has 1 aromatic carbocycles. The molecule has 1 aromatic rings. The van der Waals surface area contributed by atoms with Crippen LogP contribution in [0.15, 0.2) is 16.6 Å². The van der Waals surface area contributed by atoms with Gasteiger partial charge in [0.2, 0.25) is 0 Å². The Balaban J connectivity index is 1.80. The lowest BCUT2D eigenvalue weighted by Crippen LogP contribution is -2.51. The monoisotopic (exact) mass is 368 g/mol. The van der Waals surface area contributed by atoms with Crippen molar-refractivity contribution in [2.75, 3.05) is 33.8 Å². The van der Waals surface area contributed by atoms with Crippen LogP contribution in [0.1, 0.15) is 24.8 Å². The van der Waals surface area contributed by atoms with Crippen LogP contribution in [0.3, 0.4) is 0 Å². The summed E-state index contributed by atoms with van der Waals surface area (Å²) >= 11 is 3.60. The van der Waals surface area contributed by atoms with E-state index in [0.29, 0.717) is 6.04 Å². The molecule has 2 heterocycles. The zero-order valence-corrected chi connectivity index (χ0v) is 15.0. The minimum Gasteiger partial charge on any atom is -0.493 e. The van der Waals surface area contributed by atoms with E-state index in [2.05, 4.69) is 39.3 Å². The molecule has 0 aromatic heterocycles. The second kappa shape index (κ2) is 7.20. The molecule has 0 saturated carbocycles. The summed E-state index contributed by atoms with van der Waals surface area (Å²) in [5, 5.41) is 3.62. The molecule has 1 unspecified atom stereocenters. The minimum atomic E-state index is 0.276. The highest BCUT2D eigenvalue weighted by Gasteiger charge is 2.28. The van der Waals surface area contributed by atoms with Gasteiger partial charge in [0.15, 0.2) is 11.5 Å². The molecule has 5 heteroatoms. The molecular weight excluding hydrogens is 344 g/mol. The smallest absolute Gasteiger partial charge is 0.165 e. The number of likely N-dealkylation sites (N-methyl/N-ethyl adjacent to an activating group) is 1. The van der Waals surface area contributed by atoms with Crippen LogP contribution in [0.5, 0.6) is 11.5 Å². The van der Waals surface area contributed by atoms with Gasteiger partial charge in [-0.1, -0.05) is 22.4 Å². The summed E-state index contributed by atoms with van der Waals surface area (Å²) in [5.41, 5.74) is 1.24. The number of hydrogen-bond acceptors (Lipinski definition) is 4. The van der Waals surface area contributed by atoms with Gasteiger partial charge in [0.05, 0.1) is 7.11 Å². The number of ether oxygens (including phenoxy) is 2. The van der Waals surface area contributed by atoms with E-state index < -0.39 is 0 Å². The molecule has 2 fully saturated rings. The first kappa shape index (κ1) is 16.1. The number of benzene rings is 1. The van der Waals surface area contributed by atoms with E-state index in [9.17, 15) is 0 Å². The fourth-order valence-corrected chi connectivity index (χ4v) is 3.79. The van der Waals surface area contributed by atoms with Gasteiger partial charge in [-0.2, -0.15) is 0 Å². The van der Waals surface area contributed by atoms with Crippen LogP contribution in [0.25, 0.3) is 0 Å². The summed E-state index contributed by atoms with van der Waals surface area (Å²) < 4.78 is 12.9. The quantitative estimate of drug-likeness (QED) is 0.866. The van der Waals surface area contributed by atoms with Gasteiger partial charge in [-0.05, 0) is 45.0 Å². The Labute approximate surface area is 141 Å². The zero-order chi connectivity index (χ0) is 15.5. The van der Waals surface area contributed by atoms with E-state index in [1.807, 2.05) is 6.07 Å². The van der Waals surface area contributed by atoms with Crippen LogP contribution in [0.4, 0.5) is 0 Å². The van der Waals surface area contributed by atoms with Crippen molar-refractivity contribution in [1.82, 2.24) is 10.2 Å². The molecule has 0 radical (unpaired) electrons. The third kappa shape index (κ3) is 3.76. The number of rotatable bonds is 5. The first-order valence-electron chi connectivity index (χ1n) is 8.10. The summed E-state index contributed by atoms with van der Waals surface area (Å²) in [6.45, 7) is 3.10. The Hall–Kier alpha value is -0.780. The average molecular weight is 369 g/mol. The first-order valence-corrected chi connectivity index (χ1v) is 8.90. The highest BCUT2D eigenvalue weighted by Crippen LogP contribution is 2.37. The molecule has 22 heavy (non-hydrogen) atoms. The molecule has 3 rings (SSSR count). The number of nitrogens with one attached hydrogen (secondary N) is 1. The molecule has 2 aliphatic rings. The fourth-order valence-electron chi connectivity index (χ4n) is 3.31. The van der Waals surface area contributed by atoms with E-state index in [-0.39, 0.29) is 6.10 Å².